The molecule has 2 N–H and O–H groups in total. The summed E-state index contributed by atoms with van der Waals surface area (Å²) in [4.78, 5) is 29.0. The predicted molar refractivity (Wildman–Crippen MR) is 104 cm³/mol. The molecule has 2 heterocycles. The summed E-state index contributed by atoms with van der Waals surface area (Å²) in [5, 5.41) is 6.39. The first kappa shape index (κ1) is 19.6. The monoisotopic (exact) mass is 374 g/mol. The van der Waals surface area contributed by atoms with Crippen LogP contribution in [-0.2, 0) is 11.3 Å². The van der Waals surface area contributed by atoms with E-state index in [0.29, 0.717) is 29.8 Å². The second kappa shape index (κ2) is 7.84. The van der Waals surface area contributed by atoms with Gasteiger partial charge in [-0.15, -0.1) is 0 Å². The number of nitrogens with one attached hydrogen (secondary N) is 2. The second-order valence-electron chi connectivity index (χ2n) is 8.40. The minimum atomic E-state index is -0.478. The van der Waals surface area contributed by atoms with E-state index in [9.17, 15) is 9.59 Å². The molecular weight excluding hydrogens is 344 g/mol. The van der Waals surface area contributed by atoms with Gasteiger partial charge in [-0.25, -0.2) is 14.3 Å². The number of aromatic amines is 1. The topological polar surface area (TPSA) is 88.5 Å². The summed E-state index contributed by atoms with van der Waals surface area (Å²) in [5.74, 6) is 0.117. The van der Waals surface area contributed by atoms with Gasteiger partial charge in [0.15, 0.2) is 5.65 Å². The van der Waals surface area contributed by atoms with Gasteiger partial charge in [0.25, 0.3) is 5.56 Å². The minimum absolute atomic E-state index is 0.233. The highest BCUT2D eigenvalue weighted by molar-refractivity contribution is 5.95. The van der Waals surface area contributed by atoms with E-state index < -0.39 is 5.97 Å². The van der Waals surface area contributed by atoms with Gasteiger partial charge in [-0.3, -0.25) is 9.89 Å². The first-order chi connectivity index (χ1) is 12.8. The Kier molecular flexibility index (Phi) is 5.69. The summed E-state index contributed by atoms with van der Waals surface area (Å²) >= 11 is 0. The molecule has 7 heteroatoms. The molecule has 1 saturated carbocycles. The molecule has 7 nitrogen and oxygen atoms in total. The van der Waals surface area contributed by atoms with Crippen molar-refractivity contribution < 1.29 is 9.53 Å². The van der Waals surface area contributed by atoms with Gasteiger partial charge in [0.1, 0.15) is 5.56 Å². The van der Waals surface area contributed by atoms with Crippen molar-refractivity contribution in [2.24, 2.45) is 11.3 Å². The summed E-state index contributed by atoms with van der Waals surface area (Å²) in [6.07, 6.45) is 6.33. The Hall–Kier alpha value is -2.15. The Morgan fingerprint density at radius 3 is 2.81 bits per heavy atom. The maximum absolute atomic E-state index is 12.4. The molecule has 1 aliphatic rings. The Balaban J connectivity index is 1.81. The van der Waals surface area contributed by atoms with Crippen molar-refractivity contribution >= 4 is 11.6 Å². The van der Waals surface area contributed by atoms with Crippen LogP contribution in [0.1, 0.15) is 69.4 Å². The van der Waals surface area contributed by atoms with E-state index in [-0.39, 0.29) is 23.1 Å². The van der Waals surface area contributed by atoms with Gasteiger partial charge in [-0.2, -0.15) is 0 Å². The Morgan fingerprint density at radius 2 is 2.11 bits per heavy atom. The van der Waals surface area contributed by atoms with Crippen molar-refractivity contribution in [2.45, 2.75) is 66.0 Å². The van der Waals surface area contributed by atoms with E-state index >= 15 is 0 Å². The van der Waals surface area contributed by atoms with Crippen LogP contribution in [0.2, 0.25) is 0 Å². The summed E-state index contributed by atoms with van der Waals surface area (Å²) in [7, 11) is 0. The highest BCUT2D eigenvalue weighted by Gasteiger charge is 2.33. The molecule has 0 saturated heterocycles. The van der Waals surface area contributed by atoms with Gasteiger partial charge in [-0.1, -0.05) is 33.6 Å². The number of ether oxygens (including phenoxy) is 1. The van der Waals surface area contributed by atoms with Crippen molar-refractivity contribution in [2.75, 3.05) is 6.61 Å². The molecule has 1 aliphatic carbocycles. The van der Waals surface area contributed by atoms with Gasteiger partial charge < -0.3 is 10.1 Å². The van der Waals surface area contributed by atoms with Gasteiger partial charge in [0.2, 0.25) is 0 Å². The maximum atomic E-state index is 12.4. The normalized spacial score (nSPS) is 20.7. The number of carbonyl (C=O) groups is 1. The Labute approximate surface area is 159 Å². The second-order valence-corrected chi connectivity index (χ2v) is 8.40. The van der Waals surface area contributed by atoms with E-state index in [0.717, 1.165) is 6.42 Å². The van der Waals surface area contributed by atoms with Crippen LogP contribution in [-0.4, -0.2) is 33.2 Å². The molecule has 0 bridgehead atoms. The van der Waals surface area contributed by atoms with E-state index in [4.69, 9.17) is 4.74 Å². The lowest BCUT2D eigenvalue weighted by atomic mass is 9.69. The highest BCUT2D eigenvalue weighted by Crippen LogP contribution is 2.38. The lowest BCUT2D eigenvalue weighted by molar-refractivity contribution is 0.0528. The van der Waals surface area contributed by atoms with Crippen LogP contribution in [0.25, 0.3) is 5.65 Å². The molecule has 1 fully saturated rings. The molecule has 2 atom stereocenters. The van der Waals surface area contributed by atoms with Gasteiger partial charge >= 0.3 is 5.97 Å². The number of hydrogen-bond donors (Lipinski definition) is 2. The lowest BCUT2D eigenvalue weighted by Gasteiger charge is -2.41. The van der Waals surface area contributed by atoms with Crippen LogP contribution in [0, 0.1) is 11.3 Å². The van der Waals surface area contributed by atoms with Crippen molar-refractivity contribution in [1.29, 1.82) is 0 Å². The summed E-state index contributed by atoms with van der Waals surface area (Å²) < 4.78 is 6.32. The summed E-state index contributed by atoms with van der Waals surface area (Å²) in [6, 6.07) is 1.93. The van der Waals surface area contributed by atoms with Crippen LogP contribution in [0.5, 0.6) is 0 Å². The first-order valence-electron chi connectivity index (χ1n) is 9.82. The van der Waals surface area contributed by atoms with Crippen molar-refractivity contribution in [3.63, 3.8) is 0 Å². The Morgan fingerprint density at radius 1 is 1.37 bits per heavy atom. The molecule has 0 radical (unpaired) electrons. The molecule has 2 aromatic heterocycles. The van der Waals surface area contributed by atoms with Gasteiger partial charge in [0, 0.05) is 24.8 Å². The highest BCUT2D eigenvalue weighted by atomic mass is 16.5. The zero-order valence-corrected chi connectivity index (χ0v) is 16.7. The van der Waals surface area contributed by atoms with E-state index in [1.807, 2.05) is 0 Å². The zero-order chi connectivity index (χ0) is 19.6. The zero-order valence-electron chi connectivity index (χ0n) is 16.7. The van der Waals surface area contributed by atoms with Gasteiger partial charge in [0.05, 0.1) is 12.3 Å². The number of fused-ring (bicyclic) bond motifs is 1. The largest absolute Gasteiger partial charge is 0.462 e. The smallest absolute Gasteiger partial charge is 0.343 e. The van der Waals surface area contributed by atoms with Crippen molar-refractivity contribution in [1.82, 2.24) is 19.9 Å². The predicted octanol–water partition coefficient (Wildman–Crippen LogP) is 2.89. The van der Waals surface area contributed by atoms with E-state index in [1.165, 1.54) is 36.0 Å². The molecule has 2 aromatic rings. The Bertz CT molecular complexity index is 862. The third kappa shape index (κ3) is 4.24. The van der Waals surface area contributed by atoms with Crippen LogP contribution in [0.4, 0.5) is 0 Å². The SMILES string of the molecule is CCOC(=O)c1c[nH]n2c(=O)cc(CNC3CCCCC3C(C)(C)C)nc12. The number of aromatic nitrogens is 3. The minimum Gasteiger partial charge on any atom is -0.462 e. The molecule has 3 rings (SSSR count). The summed E-state index contributed by atoms with van der Waals surface area (Å²) in [6.45, 7) is 9.41. The standard InChI is InChI=1S/C20H30N4O3/c1-5-27-19(26)14-12-22-24-17(25)10-13(23-18(14)24)11-21-16-9-7-6-8-15(16)20(2,3)4/h10,12,15-16,21-22H,5-9,11H2,1-4H3. The number of carbonyl (C=O) groups excluding carboxylic acids is 1. The fourth-order valence-electron chi connectivity index (χ4n) is 4.13. The molecule has 148 valence electrons. The van der Waals surface area contributed by atoms with Crippen molar-refractivity contribution in [3.05, 3.63) is 33.9 Å². The van der Waals surface area contributed by atoms with Crippen LogP contribution in [0.15, 0.2) is 17.1 Å². The third-order valence-corrected chi connectivity index (χ3v) is 5.47. The maximum Gasteiger partial charge on any atom is 0.343 e. The van der Waals surface area contributed by atoms with Crippen LogP contribution in [0.3, 0.4) is 0 Å². The third-order valence-electron chi connectivity index (χ3n) is 5.47. The first-order valence-corrected chi connectivity index (χ1v) is 9.82. The number of H-pyrrole nitrogens is 1. The molecule has 2 unspecified atom stereocenters. The molecule has 0 amide bonds. The number of rotatable bonds is 5. The van der Waals surface area contributed by atoms with E-state index in [1.54, 1.807) is 6.92 Å². The van der Waals surface area contributed by atoms with Gasteiger partial charge in [-0.05, 0) is 31.1 Å². The quantitative estimate of drug-likeness (QED) is 0.786. The number of nitrogens with zero attached hydrogens (tertiary/aromatic N) is 2. The molecule has 0 spiro atoms. The van der Waals surface area contributed by atoms with Crippen LogP contribution < -0.4 is 10.9 Å². The van der Waals surface area contributed by atoms with Crippen molar-refractivity contribution in [3.8, 4) is 0 Å². The molecule has 0 aliphatic heterocycles. The fourth-order valence-corrected chi connectivity index (χ4v) is 4.13. The molecular formula is C20H30N4O3. The lowest BCUT2D eigenvalue weighted by Crippen LogP contribution is -2.44. The fraction of sp³-hybridized carbons (Fsp3) is 0.650. The van der Waals surface area contributed by atoms with E-state index in [2.05, 4.69) is 36.2 Å². The molecule has 0 aromatic carbocycles. The molecule has 27 heavy (non-hydrogen) atoms. The average Bonchev–Trinajstić information content (AvgIpc) is 3.04. The number of esters is 1. The summed E-state index contributed by atoms with van der Waals surface area (Å²) in [5.41, 5.74) is 1.24. The average molecular weight is 374 g/mol. The number of hydrogen-bond acceptors (Lipinski definition) is 5. The van der Waals surface area contributed by atoms with Crippen LogP contribution >= 0.6 is 0 Å².